The van der Waals surface area contributed by atoms with E-state index in [0.717, 1.165) is 6.42 Å². The molecule has 0 fully saturated rings. The number of carbonyl (C=O) groups excluding carboxylic acids is 1. The lowest BCUT2D eigenvalue weighted by Crippen LogP contribution is -2.23. The van der Waals surface area contributed by atoms with Gasteiger partial charge in [0.25, 0.3) is 0 Å². The Bertz CT molecular complexity index is 168. The first kappa shape index (κ1) is 10.1. The van der Waals surface area contributed by atoms with Crippen LogP contribution >= 0.6 is 0 Å². The molecule has 0 heterocycles. The number of primary amides is 1. The lowest BCUT2D eigenvalue weighted by Gasteiger charge is -2.08. The van der Waals surface area contributed by atoms with Crippen LogP contribution in [-0.4, -0.2) is 19.8 Å². The predicted octanol–water partition coefficient (Wildman–Crippen LogP) is -0.130. The zero-order valence-corrected chi connectivity index (χ0v) is 6.92. The van der Waals surface area contributed by atoms with Crippen molar-refractivity contribution in [2.75, 3.05) is 0 Å². The van der Waals surface area contributed by atoms with Crippen LogP contribution in [0.25, 0.3) is 0 Å². The highest BCUT2D eigenvalue weighted by Crippen LogP contribution is 1.89. The van der Waals surface area contributed by atoms with E-state index in [1.807, 2.05) is 13.8 Å². The minimum atomic E-state index is -0.596. The summed E-state index contributed by atoms with van der Waals surface area (Å²) in [7, 11) is 5.24. The van der Waals surface area contributed by atoms with Gasteiger partial charge in [0.05, 0.1) is 0 Å². The van der Waals surface area contributed by atoms with Crippen molar-refractivity contribution >= 4 is 13.8 Å². The number of rotatable bonds is 4. The van der Waals surface area contributed by atoms with Crippen LogP contribution in [0.1, 0.15) is 20.3 Å². The monoisotopic (exact) mass is 152 g/mol. The Morgan fingerprint density at radius 3 is 2.73 bits per heavy atom. The Morgan fingerprint density at radius 1 is 1.82 bits per heavy atom. The highest BCUT2D eigenvalue weighted by atomic mass is 16.1. The summed E-state index contributed by atoms with van der Waals surface area (Å²) in [6.45, 7) is 4.02. The molecular weight excluding hydrogens is 139 g/mol. The second-order valence-corrected chi connectivity index (χ2v) is 2.44. The number of nitrogens with two attached hydrogens (primary N) is 1. The molecule has 1 amide bonds. The molecule has 0 aromatic rings. The van der Waals surface area contributed by atoms with Crippen molar-refractivity contribution in [2.45, 2.75) is 26.3 Å². The zero-order valence-electron chi connectivity index (χ0n) is 6.92. The third-order valence-corrected chi connectivity index (χ3v) is 1.42. The van der Waals surface area contributed by atoms with E-state index >= 15 is 0 Å². The molecule has 60 valence electrons. The number of hydrogen-bond donors (Lipinski definition) is 2. The van der Waals surface area contributed by atoms with Crippen molar-refractivity contribution in [2.24, 2.45) is 5.73 Å². The van der Waals surface area contributed by atoms with Gasteiger partial charge in [-0.25, -0.2) is 0 Å². The van der Waals surface area contributed by atoms with Gasteiger partial charge in [-0.2, -0.15) is 0 Å². The topological polar surface area (TPSA) is 55.1 Å². The molecule has 0 saturated heterocycles. The number of amides is 1. The number of carbonyl (C=O) groups is 1. The fraction of sp³-hybridized carbons (Fsp3) is 0.571. The smallest absolute Gasteiger partial charge is 0.235 e. The summed E-state index contributed by atoms with van der Waals surface area (Å²) in [6.07, 6.45) is 2.42. The van der Waals surface area contributed by atoms with Gasteiger partial charge in [0.1, 0.15) is 7.85 Å². The molecule has 0 spiro atoms. The van der Waals surface area contributed by atoms with E-state index in [2.05, 4.69) is 5.32 Å². The van der Waals surface area contributed by atoms with Crippen LogP contribution in [0.3, 0.4) is 0 Å². The Kier molecular flexibility index (Phi) is 4.42. The lowest BCUT2D eigenvalue weighted by atomic mass is 9.96. The Morgan fingerprint density at radius 2 is 2.36 bits per heavy atom. The minimum absolute atomic E-state index is 0.0605. The molecule has 3 nitrogen and oxygen atoms in total. The highest BCUT2D eigenvalue weighted by molar-refractivity contribution is 6.35. The van der Waals surface area contributed by atoms with Gasteiger partial charge in [0.2, 0.25) is 5.91 Å². The molecule has 0 saturated carbocycles. The van der Waals surface area contributed by atoms with Crippen LogP contribution in [0, 0.1) is 0 Å². The molecule has 0 aliphatic heterocycles. The molecule has 11 heavy (non-hydrogen) atoms. The van der Waals surface area contributed by atoms with Crippen LogP contribution in [0.5, 0.6) is 0 Å². The van der Waals surface area contributed by atoms with Crippen molar-refractivity contribution < 1.29 is 4.79 Å². The highest BCUT2D eigenvalue weighted by Gasteiger charge is 1.96. The van der Waals surface area contributed by atoms with Gasteiger partial charge in [-0.1, -0.05) is 6.92 Å². The lowest BCUT2D eigenvalue weighted by molar-refractivity contribution is -0.114. The fourth-order valence-corrected chi connectivity index (χ4v) is 0.421. The van der Waals surface area contributed by atoms with Gasteiger partial charge in [-0.05, 0) is 25.0 Å². The van der Waals surface area contributed by atoms with Crippen molar-refractivity contribution in [1.82, 2.24) is 5.32 Å². The largest absolute Gasteiger partial charge is 0.389 e. The summed E-state index contributed by atoms with van der Waals surface area (Å²) in [5, 5.41) is 2.93. The molecule has 0 aliphatic rings. The van der Waals surface area contributed by atoms with Gasteiger partial charge in [0.15, 0.2) is 0 Å². The van der Waals surface area contributed by atoms with E-state index < -0.39 is 5.91 Å². The molecule has 0 rings (SSSR count). The van der Waals surface area contributed by atoms with Gasteiger partial charge >= 0.3 is 0 Å². The number of hydrogen-bond acceptors (Lipinski definition) is 2. The quantitative estimate of drug-likeness (QED) is 0.435. The van der Waals surface area contributed by atoms with Gasteiger partial charge in [0, 0.05) is 6.04 Å². The molecule has 3 N–H and O–H groups in total. The summed E-state index contributed by atoms with van der Waals surface area (Å²) in [6, 6.07) is 0.313. The average Bonchev–Trinajstić information content (AvgIpc) is 1.99. The molecule has 0 aromatic carbocycles. The molecule has 2 radical (unpaired) electrons. The SMILES string of the molecule is [B]C(=CNC(C)CC)C(N)=O. The maximum atomic E-state index is 10.4. The number of nitrogens with one attached hydrogen (secondary N) is 1. The second kappa shape index (κ2) is 4.82. The normalized spacial score (nSPS) is 14.2. The van der Waals surface area contributed by atoms with Crippen LogP contribution in [0.15, 0.2) is 11.7 Å². The Balaban J connectivity index is 3.82. The van der Waals surface area contributed by atoms with E-state index in [-0.39, 0.29) is 5.47 Å². The van der Waals surface area contributed by atoms with E-state index in [9.17, 15) is 4.79 Å². The summed E-state index contributed by atoms with van der Waals surface area (Å²) >= 11 is 0. The Hall–Kier alpha value is -0.925. The van der Waals surface area contributed by atoms with E-state index in [1.54, 1.807) is 0 Å². The van der Waals surface area contributed by atoms with Gasteiger partial charge < -0.3 is 11.1 Å². The van der Waals surface area contributed by atoms with Crippen molar-refractivity contribution in [3.05, 3.63) is 11.7 Å². The molecular formula is C7H13BN2O. The van der Waals surface area contributed by atoms with Crippen molar-refractivity contribution in [3.63, 3.8) is 0 Å². The average molecular weight is 152 g/mol. The molecule has 0 bridgehead atoms. The second-order valence-electron chi connectivity index (χ2n) is 2.44. The zero-order chi connectivity index (χ0) is 8.85. The standard InChI is InChI=1S/C7H13BN2O/c1-3-5(2)10-4-6(8)7(9)11/h4-5,10H,3H2,1-2H3,(H2,9,11). The predicted molar refractivity (Wildman–Crippen MR) is 45.9 cm³/mol. The first-order valence-corrected chi connectivity index (χ1v) is 3.59. The van der Waals surface area contributed by atoms with Crippen molar-refractivity contribution in [3.8, 4) is 0 Å². The maximum Gasteiger partial charge on any atom is 0.235 e. The summed E-state index contributed by atoms with van der Waals surface area (Å²) in [4.78, 5) is 10.4. The van der Waals surface area contributed by atoms with E-state index in [1.165, 1.54) is 6.20 Å². The molecule has 0 aromatic heterocycles. The molecule has 0 aliphatic carbocycles. The first-order valence-electron chi connectivity index (χ1n) is 3.59. The Labute approximate surface area is 68.4 Å². The molecule has 1 unspecified atom stereocenters. The van der Waals surface area contributed by atoms with E-state index in [4.69, 9.17) is 13.6 Å². The fourth-order valence-electron chi connectivity index (χ4n) is 0.421. The first-order chi connectivity index (χ1) is 5.07. The summed E-state index contributed by atoms with van der Waals surface area (Å²) in [5.41, 5.74) is 4.95. The third-order valence-electron chi connectivity index (χ3n) is 1.42. The van der Waals surface area contributed by atoms with Gasteiger partial charge in [-0.15, -0.1) is 0 Å². The summed E-state index contributed by atoms with van der Waals surface area (Å²) in [5.74, 6) is -0.596. The van der Waals surface area contributed by atoms with Crippen LogP contribution in [0.2, 0.25) is 0 Å². The molecule has 1 atom stereocenters. The minimum Gasteiger partial charge on any atom is -0.389 e. The molecule has 4 heteroatoms. The van der Waals surface area contributed by atoms with Gasteiger partial charge in [-0.3, -0.25) is 4.79 Å². The van der Waals surface area contributed by atoms with Crippen LogP contribution in [-0.2, 0) is 4.79 Å². The van der Waals surface area contributed by atoms with Crippen molar-refractivity contribution in [1.29, 1.82) is 0 Å². The third kappa shape index (κ3) is 4.48. The summed E-state index contributed by atoms with van der Waals surface area (Å²) < 4.78 is 0. The van der Waals surface area contributed by atoms with Crippen LogP contribution < -0.4 is 11.1 Å². The maximum absolute atomic E-state index is 10.4. The van der Waals surface area contributed by atoms with E-state index in [0.29, 0.717) is 6.04 Å². The van der Waals surface area contributed by atoms with Crippen LogP contribution in [0.4, 0.5) is 0 Å².